The molecule has 0 aliphatic carbocycles. The lowest BCUT2D eigenvalue weighted by Crippen LogP contribution is -2.07. The Bertz CT molecular complexity index is 787. The van der Waals surface area contributed by atoms with E-state index in [2.05, 4.69) is 20.6 Å². The van der Waals surface area contributed by atoms with Crippen LogP contribution in [0.3, 0.4) is 0 Å². The molecule has 7 nitrogen and oxygen atoms in total. The number of fused-ring (bicyclic) bond motifs is 1. The van der Waals surface area contributed by atoms with Gasteiger partial charge in [0, 0.05) is 18.0 Å². The van der Waals surface area contributed by atoms with Crippen LogP contribution in [0.25, 0.3) is 10.9 Å². The number of furan rings is 1. The molecule has 22 heavy (non-hydrogen) atoms. The molecule has 0 spiro atoms. The Morgan fingerprint density at radius 1 is 1.14 bits per heavy atom. The van der Waals surface area contributed by atoms with Gasteiger partial charge in [-0.15, -0.1) is 0 Å². The summed E-state index contributed by atoms with van der Waals surface area (Å²) in [5.41, 5.74) is 0.531. The van der Waals surface area contributed by atoms with E-state index in [4.69, 9.17) is 4.42 Å². The fourth-order valence-corrected chi connectivity index (χ4v) is 2.11. The molecule has 0 amide bonds. The van der Waals surface area contributed by atoms with Gasteiger partial charge in [-0.1, -0.05) is 0 Å². The van der Waals surface area contributed by atoms with Crippen molar-refractivity contribution < 1.29 is 14.6 Å². The third-order valence-corrected chi connectivity index (χ3v) is 3.14. The molecule has 0 aliphatic heterocycles. The topological polar surface area (TPSA) is 103 Å². The number of aromatic nitrogens is 2. The minimum absolute atomic E-state index is 0.214. The SMILES string of the molecule is CCNc1nc(NCc2ccco2)c2cc(O)c(O)cc2n1. The van der Waals surface area contributed by atoms with Gasteiger partial charge in [-0.3, -0.25) is 0 Å². The maximum atomic E-state index is 9.70. The summed E-state index contributed by atoms with van der Waals surface area (Å²) in [6.07, 6.45) is 1.60. The first kappa shape index (κ1) is 14.0. The number of anilines is 2. The molecule has 0 aliphatic rings. The van der Waals surface area contributed by atoms with Crippen molar-refractivity contribution in [3.63, 3.8) is 0 Å². The highest BCUT2D eigenvalue weighted by Crippen LogP contribution is 2.33. The van der Waals surface area contributed by atoms with Gasteiger partial charge in [0.25, 0.3) is 0 Å². The molecule has 0 saturated carbocycles. The van der Waals surface area contributed by atoms with Gasteiger partial charge in [0.15, 0.2) is 11.5 Å². The summed E-state index contributed by atoms with van der Waals surface area (Å²) >= 11 is 0. The van der Waals surface area contributed by atoms with Crippen LogP contribution in [-0.4, -0.2) is 26.7 Å². The predicted molar refractivity (Wildman–Crippen MR) is 83.1 cm³/mol. The van der Waals surface area contributed by atoms with Gasteiger partial charge in [-0.2, -0.15) is 4.98 Å². The fraction of sp³-hybridized carbons (Fsp3) is 0.200. The zero-order chi connectivity index (χ0) is 15.5. The lowest BCUT2D eigenvalue weighted by atomic mass is 10.2. The molecule has 2 heterocycles. The van der Waals surface area contributed by atoms with Gasteiger partial charge in [0.05, 0.1) is 18.3 Å². The molecule has 0 atom stereocenters. The smallest absolute Gasteiger partial charge is 0.225 e. The first-order chi connectivity index (χ1) is 10.7. The third kappa shape index (κ3) is 2.73. The van der Waals surface area contributed by atoms with Crippen LogP contribution in [0.2, 0.25) is 0 Å². The normalized spacial score (nSPS) is 10.8. The highest BCUT2D eigenvalue weighted by atomic mass is 16.3. The van der Waals surface area contributed by atoms with E-state index in [1.807, 2.05) is 19.1 Å². The highest BCUT2D eigenvalue weighted by Gasteiger charge is 2.11. The lowest BCUT2D eigenvalue weighted by Gasteiger charge is -2.11. The minimum Gasteiger partial charge on any atom is -0.504 e. The van der Waals surface area contributed by atoms with Gasteiger partial charge in [0.1, 0.15) is 11.6 Å². The Hall–Kier alpha value is -2.96. The Morgan fingerprint density at radius 3 is 2.68 bits per heavy atom. The summed E-state index contributed by atoms with van der Waals surface area (Å²) in [6.45, 7) is 3.07. The average molecular weight is 300 g/mol. The molecule has 0 fully saturated rings. The van der Waals surface area contributed by atoms with Crippen LogP contribution < -0.4 is 10.6 Å². The van der Waals surface area contributed by atoms with E-state index in [0.717, 1.165) is 5.76 Å². The number of benzene rings is 1. The molecular weight excluding hydrogens is 284 g/mol. The van der Waals surface area contributed by atoms with Gasteiger partial charge >= 0.3 is 0 Å². The molecule has 0 saturated heterocycles. The van der Waals surface area contributed by atoms with Crippen LogP contribution in [-0.2, 0) is 6.54 Å². The molecule has 0 radical (unpaired) electrons. The van der Waals surface area contributed by atoms with Crippen molar-refractivity contribution >= 4 is 22.7 Å². The molecule has 0 unspecified atom stereocenters. The Balaban J connectivity index is 2.02. The van der Waals surface area contributed by atoms with Crippen molar-refractivity contribution in [1.82, 2.24) is 9.97 Å². The second-order valence-corrected chi connectivity index (χ2v) is 4.72. The van der Waals surface area contributed by atoms with E-state index in [0.29, 0.717) is 35.8 Å². The van der Waals surface area contributed by atoms with Crippen molar-refractivity contribution in [3.8, 4) is 11.5 Å². The van der Waals surface area contributed by atoms with Crippen LogP contribution >= 0.6 is 0 Å². The molecule has 3 rings (SSSR count). The minimum atomic E-state index is -0.217. The van der Waals surface area contributed by atoms with E-state index in [9.17, 15) is 10.2 Å². The second kappa shape index (κ2) is 5.80. The second-order valence-electron chi connectivity index (χ2n) is 4.72. The first-order valence-corrected chi connectivity index (χ1v) is 6.91. The summed E-state index contributed by atoms with van der Waals surface area (Å²) in [5, 5.41) is 26.2. The maximum Gasteiger partial charge on any atom is 0.225 e. The van der Waals surface area contributed by atoms with Crippen LogP contribution in [0.15, 0.2) is 34.9 Å². The Kier molecular flexibility index (Phi) is 3.69. The van der Waals surface area contributed by atoms with Crippen molar-refractivity contribution in [1.29, 1.82) is 0 Å². The number of nitrogens with one attached hydrogen (secondary N) is 2. The lowest BCUT2D eigenvalue weighted by molar-refractivity contribution is 0.405. The zero-order valence-electron chi connectivity index (χ0n) is 12.0. The molecule has 4 N–H and O–H groups in total. The Labute approximate surface area is 126 Å². The van der Waals surface area contributed by atoms with Crippen molar-refractivity contribution in [2.45, 2.75) is 13.5 Å². The zero-order valence-corrected chi connectivity index (χ0v) is 12.0. The number of aromatic hydroxyl groups is 2. The van der Waals surface area contributed by atoms with Crippen molar-refractivity contribution in [2.24, 2.45) is 0 Å². The van der Waals surface area contributed by atoms with Gasteiger partial charge in [-0.25, -0.2) is 4.98 Å². The molecule has 2 aromatic heterocycles. The first-order valence-electron chi connectivity index (χ1n) is 6.91. The fourth-order valence-electron chi connectivity index (χ4n) is 2.11. The Morgan fingerprint density at radius 2 is 1.95 bits per heavy atom. The molecule has 0 bridgehead atoms. The van der Waals surface area contributed by atoms with Crippen LogP contribution in [0, 0.1) is 0 Å². The molecule has 7 heteroatoms. The van der Waals surface area contributed by atoms with Crippen molar-refractivity contribution in [2.75, 3.05) is 17.2 Å². The maximum absolute atomic E-state index is 9.70. The third-order valence-electron chi connectivity index (χ3n) is 3.14. The molecule has 1 aromatic carbocycles. The summed E-state index contributed by atoms with van der Waals surface area (Å²) in [6, 6.07) is 6.50. The van der Waals surface area contributed by atoms with E-state index < -0.39 is 0 Å². The number of nitrogens with zero attached hydrogens (tertiary/aromatic N) is 2. The van der Waals surface area contributed by atoms with Gasteiger partial charge in [-0.05, 0) is 25.1 Å². The average Bonchev–Trinajstić information content (AvgIpc) is 3.00. The molecule has 3 aromatic rings. The van der Waals surface area contributed by atoms with E-state index in [-0.39, 0.29) is 11.5 Å². The van der Waals surface area contributed by atoms with E-state index in [1.165, 1.54) is 12.1 Å². The highest BCUT2D eigenvalue weighted by molar-refractivity contribution is 5.92. The quantitative estimate of drug-likeness (QED) is 0.537. The number of hydrogen-bond donors (Lipinski definition) is 4. The van der Waals surface area contributed by atoms with Crippen LogP contribution in [0.4, 0.5) is 11.8 Å². The number of hydrogen-bond acceptors (Lipinski definition) is 7. The summed E-state index contributed by atoms with van der Waals surface area (Å²) < 4.78 is 5.28. The summed E-state index contributed by atoms with van der Waals surface area (Å²) in [5.74, 6) is 1.33. The largest absolute Gasteiger partial charge is 0.504 e. The molecule has 114 valence electrons. The summed E-state index contributed by atoms with van der Waals surface area (Å²) in [7, 11) is 0. The monoisotopic (exact) mass is 300 g/mol. The van der Waals surface area contributed by atoms with Gasteiger partial charge < -0.3 is 25.3 Å². The van der Waals surface area contributed by atoms with Crippen molar-refractivity contribution in [3.05, 3.63) is 36.3 Å². The van der Waals surface area contributed by atoms with E-state index >= 15 is 0 Å². The van der Waals surface area contributed by atoms with Crippen LogP contribution in [0.1, 0.15) is 12.7 Å². The number of phenolic OH excluding ortho intramolecular Hbond substituents is 2. The van der Waals surface area contributed by atoms with Crippen LogP contribution in [0.5, 0.6) is 11.5 Å². The number of phenols is 2. The van der Waals surface area contributed by atoms with Gasteiger partial charge in [0.2, 0.25) is 5.95 Å². The van der Waals surface area contributed by atoms with E-state index in [1.54, 1.807) is 6.26 Å². The summed E-state index contributed by atoms with van der Waals surface area (Å²) in [4.78, 5) is 8.71. The molecular formula is C15H16N4O3. The standard InChI is InChI=1S/C15H16N4O3/c1-2-16-15-18-11-7-13(21)12(20)6-10(11)14(19-15)17-8-9-4-3-5-22-9/h3-7,20-21H,2,8H2,1H3,(H2,16,17,18,19). The predicted octanol–water partition coefficient (Wildman–Crippen LogP) is 2.68. The number of rotatable bonds is 5.